The van der Waals surface area contributed by atoms with Crippen LogP contribution in [0.1, 0.15) is 27.2 Å². The summed E-state index contributed by atoms with van der Waals surface area (Å²) in [5.41, 5.74) is -0.492. The molecule has 1 aliphatic heterocycles. The number of nitriles is 1. The fourth-order valence-electron chi connectivity index (χ4n) is 1.49. The SMILES string of the molecule is CC(C)(C)OC(=O)N[C@@H]1CSCC[C@H]1C#N. The van der Waals surface area contributed by atoms with Gasteiger partial charge in [-0.05, 0) is 32.9 Å². The van der Waals surface area contributed by atoms with Gasteiger partial charge in [0, 0.05) is 5.75 Å². The normalized spacial score (nSPS) is 25.6. The van der Waals surface area contributed by atoms with E-state index in [9.17, 15) is 4.79 Å². The summed E-state index contributed by atoms with van der Waals surface area (Å²) >= 11 is 1.76. The zero-order chi connectivity index (χ0) is 12.2. The van der Waals surface area contributed by atoms with Gasteiger partial charge in [-0.3, -0.25) is 0 Å². The second kappa shape index (κ2) is 5.44. The minimum atomic E-state index is -0.492. The molecular formula is C11H18N2O2S. The highest BCUT2D eigenvalue weighted by Crippen LogP contribution is 2.23. The molecule has 0 bridgehead atoms. The lowest BCUT2D eigenvalue weighted by molar-refractivity contribution is 0.0499. The van der Waals surface area contributed by atoms with Crippen LogP contribution in [0.4, 0.5) is 4.79 Å². The van der Waals surface area contributed by atoms with Gasteiger partial charge in [-0.15, -0.1) is 0 Å². The topological polar surface area (TPSA) is 62.1 Å². The molecule has 1 rings (SSSR count). The molecule has 90 valence electrons. The number of carbonyl (C=O) groups excluding carboxylic acids is 1. The minimum absolute atomic E-state index is 0.0846. The van der Waals surface area contributed by atoms with Crippen LogP contribution in [-0.2, 0) is 4.74 Å². The van der Waals surface area contributed by atoms with Crippen LogP contribution in [0.2, 0.25) is 0 Å². The van der Waals surface area contributed by atoms with Crippen LogP contribution in [-0.4, -0.2) is 29.2 Å². The Bertz CT molecular complexity index is 293. The van der Waals surface area contributed by atoms with E-state index in [4.69, 9.17) is 10.00 Å². The van der Waals surface area contributed by atoms with Crippen molar-refractivity contribution in [2.75, 3.05) is 11.5 Å². The van der Waals surface area contributed by atoms with Crippen molar-refractivity contribution in [1.29, 1.82) is 5.26 Å². The first-order valence-electron chi connectivity index (χ1n) is 5.39. The number of rotatable bonds is 1. The third kappa shape index (κ3) is 4.31. The lowest BCUT2D eigenvalue weighted by Crippen LogP contribution is -2.45. The van der Waals surface area contributed by atoms with Crippen LogP contribution in [0.25, 0.3) is 0 Å². The molecule has 1 amide bonds. The number of carbonyl (C=O) groups is 1. The molecule has 0 aromatic rings. The Hall–Kier alpha value is -0.890. The van der Waals surface area contributed by atoms with Gasteiger partial charge >= 0.3 is 6.09 Å². The first kappa shape index (κ1) is 13.2. The van der Waals surface area contributed by atoms with Crippen LogP contribution in [0.15, 0.2) is 0 Å². The van der Waals surface area contributed by atoms with Crippen molar-refractivity contribution in [3.8, 4) is 6.07 Å². The first-order valence-corrected chi connectivity index (χ1v) is 6.55. The largest absolute Gasteiger partial charge is 0.444 e. The maximum atomic E-state index is 11.5. The Morgan fingerprint density at radius 1 is 1.56 bits per heavy atom. The number of nitrogens with one attached hydrogen (secondary N) is 1. The van der Waals surface area contributed by atoms with Crippen molar-refractivity contribution in [3.63, 3.8) is 0 Å². The molecule has 0 saturated carbocycles. The Kier molecular flexibility index (Phi) is 4.48. The molecule has 0 aromatic carbocycles. The molecule has 0 aliphatic carbocycles. The number of hydrogen-bond acceptors (Lipinski definition) is 4. The molecule has 0 unspecified atom stereocenters. The third-order valence-corrected chi connectivity index (χ3v) is 3.34. The number of amides is 1. The van der Waals surface area contributed by atoms with Crippen molar-refractivity contribution in [1.82, 2.24) is 5.32 Å². The number of thioether (sulfide) groups is 1. The van der Waals surface area contributed by atoms with Crippen molar-refractivity contribution < 1.29 is 9.53 Å². The average Bonchev–Trinajstić information content (AvgIpc) is 2.15. The van der Waals surface area contributed by atoms with E-state index in [1.165, 1.54) is 0 Å². The number of alkyl carbamates (subject to hydrolysis) is 1. The molecule has 1 fully saturated rings. The molecule has 1 saturated heterocycles. The van der Waals surface area contributed by atoms with Crippen molar-refractivity contribution >= 4 is 17.9 Å². The predicted molar refractivity (Wildman–Crippen MR) is 64.2 cm³/mol. The van der Waals surface area contributed by atoms with E-state index >= 15 is 0 Å². The first-order chi connectivity index (χ1) is 7.42. The average molecular weight is 242 g/mol. The smallest absolute Gasteiger partial charge is 0.407 e. The predicted octanol–water partition coefficient (Wildman–Crippen LogP) is 2.16. The zero-order valence-corrected chi connectivity index (χ0v) is 10.8. The molecule has 2 atom stereocenters. The Labute approximate surface area is 101 Å². The lowest BCUT2D eigenvalue weighted by Gasteiger charge is -2.28. The van der Waals surface area contributed by atoms with E-state index in [1.54, 1.807) is 11.8 Å². The van der Waals surface area contributed by atoms with Gasteiger partial charge in [0.1, 0.15) is 5.60 Å². The molecular weight excluding hydrogens is 224 g/mol. The van der Waals surface area contributed by atoms with Gasteiger partial charge in [-0.1, -0.05) is 0 Å². The Balaban J connectivity index is 2.46. The summed E-state index contributed by atoms with van der Waals surface area (Å²) in [5.74, 6) is 1.69. The van der Waals surface area contributed by atoms with E-state index in [1.807, 2.05) is 20.8 Å². The van der Waals surface area contributed by atoms with Gasteiger partial charge in [0.2, 0.25) is 0 Å². The monoisotopic (exact) mass is 242 g/mol. The fourth-order valence-corrected chi connectivity index (χ4v) is 2.65. The van der Waals surface area contributed by atoms with E-state index in [0.717, 1.165) is 17.9 Å². The second-order valence-corrected chi connectivity index (χ2v) is 6.00. The van der Waals surface area contributed by atoms with Crippen LogP contribution in [0.5, 0.6) is 0 Å². The second-order valence-electron chi connectivity index (χ2n) is 4.85. The lowest BCUT2D eigenvalue weighted by atomic mass is 10.00. The van der Waals surface area contributed by atoms with Gasteiger partial charge < -0.3 is 10.1 Å². The van der Waals surface area contributed by atoms with Crippen LogP contribution in [0, 0.1) is 17.2 Å². The molecule has 5 heteroatoms. The number of nitrogens with zero attached hydrogens (tertiary/aromatic N) is 1. The molecule has 0 spiro atoms. The third-order valence-electron chi connectivity index (χ3n) is 2.22. The molecule has 4 nitrogen and oxygen atoms in total. The highest BCUT2D eigenvalue weighted by atomic mass is 32.2. The molecule has 16 heavy (non-hydrogen) atoms. The van der Waals surface area contributed by atoms with Gasteiger partial charge in [0.05, 0.1) is 18.0 Å². The van der Waals surface area contributed by atoms with Gasteiger partial charge in [0.25, 0.3) is 0 Å². The fraction of sp³-hybridized carbons (Fsp3) is 0.818. The van der Waals surface area contributed by atoms with Gasteiger partial charge in [0.15, 0.2) is 0 Å². The molecule has 1 aliphatic rings. The summed E-state index contributed by atoms with van der Waals surface area (Å²) in [6.07, 6.45) is 0.405. The van der Waals surface area contributed by atoms with Crippen LogP contribution < -0.4 is 5.32 Å². The summed E-state index contributed by atoms with van der Waals surface area (Å²) in [6.45, 7) is 5.47. The molecule has 0 aromatic heterocycles. The summed E-state index contributed by atoms with van der Waals surface area (Å²) in [7, 11) is 0. The number of hydrogen-bond donors (Lipinski definition) is 1. The number of ether oxygens (including phenoxy) is 1. The van der Waals surface area contributed by atoms with Crippen LogP contribution >= 0.6 is 11.8 Å². The standard InChI is InChI=1S/C11H18N2O2S/c1-11(2,3)15-10(14)13-9-7-16-5-4-8(9)6-12/h8-9H,4-5,7H2,1-3H3,(H,13,14)/t8-,9+/m0/s1. The quantitative estimate of drug-likeness (QED) is 0.765. The summed E-state index contributed by atoms with van der Waals surface area (Å²) in [6, 6.07) is 2.15. The molecule has 1 heterocycles. The van der Waals surface area contributed by atoms with Crippen molar-refractivity contribution in [2.24, 2.45) is 5.92 Å². The molecule has 0 radical (unpaired) electrons. The minimum Gasteiger partial charge on any atom is -0.444 e. The van der Waals surface area contributed by atoms with E-state index in [2.05, 4.69) is 11.4 Å². The van der Waals surface area contributed by atoms with Crippen LogP contribution in [0.3, 0.4) is 0 Å². The maximum absolute atomic E-state index is 11.5. The molecule has 1 N–H and O–H groups in total. The zero-order valence-electron chi connectivity index (χ0n) is 9.95. The van der Waals surface area contributed by atoms with Crippen molar-refractivity contribution in [3.05, 3.63) is 0 Å². The summed E-state index contributed by atoms with van der Waals surface area (Å²) in [4.78, 5) is 11.5. The Morgan fingerprint density at radius 3 is 2.81 bits per heavy atom. The van der Waals surface area contributed by atoms with Gasteiger partial charge in [-0.2, -0.15) is 17.0 Å². The van der Waals surface area contributed by atoms with Crippen molar-refractivity contribution in [2.45, 2.75) is 38.8 Å². The Morgan fingerprint density at radius 2 is 2.25 bits per heavy atom. The maximum Gasteiger partial charge on any atom is 0.407 e. The van der Waals surface area contributed by atoms with Gasteiger partial charge in [-0.25, -0.2) is 4.79 Å². The summed E-state index contributed by atoms with van der Waals surface area (Å²) in [5, 5.41) is 11.7. The highest BCUT2D eigenvalue weighted by Gasteiger charge is 2.28. The summed E-state index contributed by atoms with van der Waals surface area (Å²) < 4.78 is 5.16. The highest BCUT2D eigenvalue weighted by molar-refractivity contribution is 7.99. The van der Waals surface area contributed by atoms with E-state index < -0.39 is 11.7 Å². The van der Waals surface area contributed by atoms with E-state index in [-0.39, 0.29) is 12.0 Å². The van der Waals surface area contributed by atoms with E-state index in [0.29, 0.717) is 0 Å².